The zero-order valence-electron chi connectivity index (χ0n) is 7.66. The van der Waals surface area contributed by atoms with Gasteiger partial charge >= 0.3 is 11.9 Å². The molecule has 0 aromatic rings. The van der Waals surface area contributed by atoms with E-state index >= 15 is 0 Å². The number of hydrogen-bond donors (Lipinski definition) is 1. The molecule has 1 aliphatic carbocycles. The van der Waals surface area contributed by atoms with Crippen LogP contribution in [0.25, 0.3) is 0 Å². The monoisotopic (exact) mass is 184 g/mol. The third kappa shape index (κ3) is 0.716. The largest absolute Gasteiger partial charge is 0.481 e. The van der Waals surface area contributed by atoms with Crippen molar-refractivity contribution in [1.82, 2.24) is 0 Å². The molecule has 0 amide bonds. The Kier molecular flexibility index (Phi) is 1.35. The SMILES string of the molecule is CC12OC(=O)[C@@]1(C)CC[C@H]2C(=O)O. The minimum atomic E-state index is -0.862. The lowest BCUT2D eigenvalue weighted by Gasteiger charge is -2.50. The van der Waals surface area contributed by atoms with E-state index in [0.717, 1.165) is 0 Å². The first kappa shape index (κ1) is 8.53. The van der Waals surface area contributed by atoms with Crippen LogP contribution in [0.3, 0.4) is 0 Å². The number of fused-ring (bicyclic) bond motifs is 1. The second kappa shape index (κ2) is 2.05. The van der Waals surface area contributed by atoms with E-state index in [-0.39, 0.29) is 5.97 Å². The molecule has 0 bridgehead atoms. The van der Waals surface area contributed by atoms with Crippen LogP contribution in [-0.4, -0.2) is 22.6 Å². The van der Waals surface area contributed by atoms with Crippen LogP contribution >= 0.6 is 0 Å². The summed E-state index contributed by atoms with van der Waals surface area (Å²) in [5, 5.41) is 8.91. The Morgan fingerprint density at radius 1 is 1.62 bits per heavy atom. The highest BCUT2D eigenvalue weighted by Crippen LogP contribution is 2.59. The number of carbonyl (C=O) groups excluding carboxylic acids is 1. The smallest absolute Gasteiger partial charge is 0.316 e. The van der Waals surface area contributed by atoms with Crippen molar-refractivity contribution in [3.05, 3.63) is 0 Å². The fourth-order valence-electron chi connectivity index (χ4n) is 2.45. The Morgan fingerprint density at radius 3 is 2.62 bits per heavy atom. The Labute approximate surface area is 75.9 Å². The summed E-state index contributed by atoms with van der Waals surface area (Å²) in [5.74, 6) is -1.65. The van der Waals surface area contributed by atoms with Gasteiger partial charge in [0.15, 0.2) is 0 Å². The number of hydrogen-bond acceptors (Lipinski definition) is 3. The molecule has 1 heterocycles. The lowest BCUT2D eigenvalue weighted by atomic mass is 9.69. The van der Waals surface area contributed by atoms with Gasteiger partial charge in [-0.3, -0.25) is 9.59 Å². The number of ether oxygens (including phenoxy) is 1. The molecule has 13 heavy (non-hydrogen) atoms. The lowest BCUT2D eigenvalue weighted by Crippen LogP contribution is -2.64. The molecule has 1 saturated heterocycles. The van der Waals surface area contributed by atoms with Gasteiger partial charge in [-0.05, 0) is 26.7 Å². The van der Waals surface area contributed by atoms with E-state index in [2.05, 4.69) is 0 Å². The quantitative estimate of drug-likeness (QED) is 0.612. The molecule has 4 heteroatoms. The second-order valence-electron chi connectivity index (χ2n) is 4.26. The van der Waals surface area contributed by atoms with Gasteiger partial charge in [0.25, 0.3) is 0 Å². The van der Waals surface area contributed by atoms with Gasteiger partial charge in [-0.1, -0.05) is 0 Å². The van der Waals surface area contributed by atoms with Gasteiger partial charge < -0.3 is 9.84 Å². The molecule has 1 N–H and O–H groups in total. The first-order valence-electron chi connectivity index (χ1n) is 4.38. The molecule has 2 aliphatic rings. The number of aliphatic carboxylic acids is 1. The average molecular weight is 184 g/mol. The Bertz CT molecular complexity index is 298. The number of carbonyl (C=O) groups is 2. The summed E-state index contributed by atoms with van der Waals surface area (Å²) >= 11 is 0. The molecule has 0 radical (unpaired) electrons. The number of carboxylic acid groups (broad SMARTS) is 1. The van der Waals surface area contributed by atoms with Gasteiger partial charge in [0.2, 0.25) is 0 Å². The Balaban J connectivity index is 2.34. The molecule has 3 atom stereocenters. The molecular formula is C9H12O4. The zero-order chi connectivity index (χ0) is 9.85. The summed E-state index contributed by atoms with van der Waals surface area (Å²) in [6.07, 6.45) is 1.16. The van der Waals surface area contributed by atoms with Gasteiger partial charge in [-0.25, -0.2) is 0 Å². The van der Waals surface area contributed by atoms with Gasteiger partial charge in [-0.2, -0.15) is 0 Å². The van der Waals surface area contributed by atoms with Crippen molar-refractivity contribution in [3.8, 4) is 0 Å². The summed E-state index contributed by atoms with van der Waals surface area (Å²) in [7, 11) is 0. The highest BCUT2D eigenvalue weighted by Gasteiger charge is 2.71. The van der Waals surface area contributed by atoms with E-state index in [9.17, 15) is 9.59 Å². The van der Waals surface area contributed by atoms with Crippen LogP contribution in [0.5, 0.6) is 0 Å². The summed E-state index contributed by atoms with van der Waals surface area (Å²) in [6, 6.07) is 0. The first-order valence-corrected chi connectivity index (χ1v) is 4.38. The van der Waals surface area contributed by atoms with Crippen LogP contribution in [0.1, 0.15) is 26.7 Å². The Morgan fingerprint density at radius 2 is 2.23 bits per heavy atom. The topological polar surface area (TPSA) is 63.6 Å². The predicted octanol–water partition coefficient (Wildman–Crippen LogP) is 0.803. The van der Waals surface area contributed by atoms with Crippen LogP contribution in [0.15, 0.2) is 0 Å². The molecule has 1 aliphatic heterocycles. The third-order valence-electron chi connectivity index (χ3n) is 3.75. The molecular weight excluding hydrogens is 172 g/mol. The first-order chi connectivity index (χ1) is 5.92. The maximum Gasteiger partial charge on any atom is 0.316 e. The van der Waals surface area contributed by atoms with Crippen LogP contribution in [0.4, 0.5) is 0 Å². The van der Waals surface area contributed by atoms with E-state index in [1.54, 1.807) is 13.8 Å². The van der Waals surface area contributed by atoms with Crippen molar-refractivity contribution in [3.63, 3.8) is 0 Å². The molecule has 1 saturated carbocycles. The van der Waals surface area contributed by atoms with Crippen LogP contribution in [0.2, 0.25) is 0 Å². The van der Waals surface area contributed by atoms with Crippen LogP contribution in [-0.2, 0) is 14.3 Å². The molecule has 2 fully saturated rings. The summed E-state index contributed by atoms with van der Waals surface area (Å²) in [4.78, 5) is 22.0. The van der Waals surface area contributed by atoms with Crippen molar-refractivity contribution < 1.29 is 19.4 Å². The fourth-order valence-corrected chi connectivity index (χ4v) is 2.45. The molecule has 0 aromatic heterocycles. The van der Waals surface area contributed by atoms with Crippen LogP contribution < -0.4 is 0 Å². The maximum atomic E-state index is 11.2. The van der Waals surface area contributed by atoms with Gasteiger partial charge in [0.05, 0.1) is 5.92 Å². The zero-order valence-corrected chi connectivity index (χ0v) is 7.66. The number of esters is 1. The highest BCUT2D eigenvalue weighted by molar-refractivity contribution is 5.88. The fraction of sp³-hybridized carbons (Fsp3) is 0.778. The highest BCUT2D eigenvalue weighted by atomic mass is 16.6. The number of carboxylic acids is 1. The predicted molar refractivity (Wildman–Crippen MR) is 43.0 cm³/mol. The summed E-state index contributed by atoms with van der Waals surface area (Å²) in [5.41, 5.74) is -1.33. The van der Waals surface area contributed by atoms with Crippen molar-refractivity contribution in [1.29, 1.82) is 0 Å². The van der Waals surface area contributed by atoms with Gasteiger partial charge in [-0.15, -0.1) is 0 Å². The second-order valence-corrected chi connectivity index (χ2v) is 4.26. The van der Waals surface area contributed by atoms with E-state index < -0.39 is 22.9 Å². The van der Waals surface area contributed by atoms with E-state index in [1.807, 2.05) is 0 Å². The summed E-state index contributed by atoms with van der Waals surface area (Å²) in [6.45, 7) is 3.52. The minimum absolute atomic E-state index is 0.251. The standard InChI is InChI=1S/C9H12O4/c1-8-4-3-5(6(10)11)9(8,2)13-7(8)12/h5H,3-4H2,1-2H3,(H,10,11)/t5-,8+,9?/m0/s1. The van der Waals surface area contributed by atoms with E-state index in [0.29, 0.717) is 12.8 Å². The van der Waals surface area contributed by atoms with E-state index in [4.69, 9.17) is 9.84 Å². The summed E-state index contributed by atoms with van der Waals surface area (Å²) < 4.78 is 5.01. The van der Waals surface area contributed by atoms with Crippen molar-refractivity contribution in [2.24, 2.45) is 11.3 Å². The molecule has 1 unspecified atom stereocenters. The third-order valence-corrected chi connectivity index (χ3v) is 3.75. The number of rotatable bonds is 1. The molecule has 0 aromatic carbocycles. The lowest BCUT2D eigenvalue weighted by molar-refractivity contribution is -0.235. The van der Waals surface area contributed by atoms with Gasteiger partial charge in [0, 0.05) is 0 Å². The normalized spacial score (nSPS) is 47.8. The van der Waals surface area contributed by atoms with E-state index in [1.165, 1.54) is 0 Å². The minimum Gasteiger partial charge on any atom is -0.481 e. The average Bonchev–Trinajstić information content (AvgIpc) is 2.22. The van der Waals surface area contributed by atoms with Gasteiger partial charge in [0.1, 0.15) is 11.0 Å². The van der Waals surface area contributed by atoms with Crippen LogP contribution in [0, 0.1) is 11.3 Å². The van der Waals surface area contributed by atoms with Crippen molar-refractivity contribution >= 4 is 11.9 Å². The van der Waals surface area contributed by atoms with Crippen molar-refractivity contribution in [2.75, 3.05) is 0 Å². The maximum absolute atomic E-state index is 11.2. The molecule has 2 rings (SSSR count). The molecule has 0 spiro atoms. The molecule has 72 valence electrons. The Hall–Kier alpha value is -1.06. The molecule has 4 nitrogen and oxygen atoms in total. The van der Waals surface area contributed by atoms with Crippen molar-refractivity contribution in [2.45, 2.75) is 32.3 Å².